The number of para-hydroxylation sites is 1. The van der Waals surface area contributed by atoms with E-state index in [0.717, 1.165) is 17.9 Å². The molecule has 1 aromatic carbocycles. The molecule has 0 N–H and O–H groups in total. The van der Waals surface area contributed by atoms with Gasteiger partial charge in [0.05, 0.1) is 5.71 Å². The second-order valence-corrected chi connectivity index (χ2v) is 5.35. The van der Waals surface area contributed by atoms with Crippen LogP contribution in [0.4, 0.5) is 0 Å². The molecule has 0 atom stereocenters. The first-order valence-corrected chi connectivity index (χ1v) is 5.86. The van der Waals surface area contributed by atoms with E-state index in [9.17, 15) is 0 Å². The van der Waals surface area contributed by atoms with Crippen molar-refractivity contribution in [3.8, 4) is 5.75 Å². The quantitative estimate of drug-likeness (QED) is 0.698. The summed E-state index contributed by atoms with van der Waals surface area (Å²) in [6.07, 6.45) is 0.813. The van der Waals surface area contributed by atoms with Crippen molar-refractivity contribution in [1.29, 1.82) is 0 Å². The molecule has 0 saturated heterocycles. The Morgan fingerprint density at radius 1 is 1.29 bits per heavy atom. The van der Waals surface area contributed by atoms with Crippen LogP contribution in [0.3, 0.4) is 0 Å². The molecule has 0 aliphatic carbocycles. The normalized spacial score (nSPS) is 17.5. The first kappa shape index (κ1) is 12.0. The number of hydrogen-bond donors (Lipinski definition) is 0. The molecule has 3 heteroatoms. The predicted molar refractivity (Wildman–Crippen MR) is 68.8 cm³/mol. The van der Waals surface area contributed by atoms with Gasteiger partial charge >= 0.3 is 0 Å². The first-order chi connectivity index (χ1) is 8.02. The van der Waals surface area contributed by atoms with Crippen LogP contribution in [0.15, 0.2) is 23.4 Å². The Labute approximate surface area is 102 Å². The SMILES string of the molecule is CON=C1COc2c(cccc2C(C)(C)C)C1. The third kappa shape index (κ3) is 2.43. The van der Waals surface area contributed by atoms with Crippen molar-refractivity contribution < 1.29 is 9.57 Å². The van der Waals surface area contributed by atoms with Gasteiger partial charge in [-0.1, -0.05) is 44.1 Å². The summed E-state index contributed by atoms with van der Waals surface area (Å²) in [5.74, 6) is 1.02. The smallest absolute Gasteiger partial charge is 0.130 e. The van der Waals surface area contributed by atoms with Crippen molar-refractivity contribution in [3.63, 3.8) is 0 Å². The fourth-order valence-corrected chi connectivity index (χ4v) is 2.10. The van der Waals surface area contributed by atoms with Gasteiger partial charge in [0.15, 0.2) is 0 Å². The zero-order valence-electron chi connectivity index (χ0n) is 10.9. The average Bonchev–Trinajstić information content (AvgIpc) is 2.27. The van der Waals surface area contributed by atoms with Crippen LogP contribution < -0.4 is 4.74 Å². The maximum Gasteiger partial charge on any atom is 0.130 e. The Morgan fingerprint density at radius 3 is 2.71 bits per heavy atom. The molecule has 0 fully saturated rings. The van der Waals surface area contributed by atoms with Crippen LogP contribution in [0.2, 0.25) is 0 Å². The number of hydrogen-bond acceptors (Lipinski definition) is 3. The molecular formula is C14H19NO2. The van der Waals surface area contributed by atoms with Crippen LogP contribution in [-0.2, 0) is 16.7 Å². The van der Waals surface area contributed by atoms with E-state index in [1.807, 2.05) is 0 Å². The lowest BCUT2D eigenvalue weighted by molar-refractivity contribution is 0.208. The zero-order valence-corrected chi connectivity index (χ0v) is 10.9. The molecule has 1 aliphatic rings. The lowest BCUT2D eigenvalue weighted by Gasteiger charge is -2.27. The third-order valence-electron chi connectivity index (χ3n) is 2.90. The Kier molecular flexibility index (Phi) is 3.09. The average molecular weight is 233 g/mol. The van der Waals surface area contributed by atoms with Crippen LogP contribution in [0.5, 0.6) is 5.75 Å². The van der Waals surface area contributed by atoms with Crippen LogP contribution >= 0.6 is 0 Å². The number of ether oxygens (including phenoxy) is 1. The topological polar surface area (TPSA) is 30.8 Å². The second-order valence-electron chi connectivity index (χ2n) is 5.35. The molecule has 0 amide bonds. The van der Waals surface area contributed by atoms with E-state index in [4.69, 9.17) is 9.57 Å². The summed E-state index contributed by atoms with van der Waals surface area (Å²) in [4.78, 5) is 4.80. The van der Waals surface area contributed by atoms with E-state index in [1.165, 1.54) is 11.1 Å². The molecule has 3 nitrogen and oxygen atoms in total. The summed E-state index contributed by atoms with van der Waals surface area (Å²) in [5.41, 5.74) is 3.48. The summed E-state index contributed by atoms with van der Waals surface area (Å²) < 4.78 is 5.84. The van der Waals surface area contributed by atoms with E-state index < -0.39 is 0 Å². The van der Waals surface area contributed by atoms with Gasteiger partial charge in [-0.3, -0.25) is 0 Å². The van der Waals surface area contributed by atoms with Crippen LogP contribution in [-0.4, -0.2) is 19.4 Å². The molecule has 92 valence electrons. The highest BCUT2D eigenvalue weighted by molar-refractivity contribution is 5.89. The Bertz CT molecular complexity index is 444. The summed E-state index contributed by atoms with van der Waals surface area (Å²) in [5, 5.41) is 3.97. The lowest BCUT2D eigenvalue weighted by atomic mass is 9.84. The standard InChI is InChI=1S/C14H19NO2/c1-14(2,3)12-7-5-6-10-8-11(15-16-4)9-17-13(10)12/h5-7H,8-9H2,1-4H3. The van der Waals surface area contributed by atoms with E-state index in [1.54, 1.807) is 7.11 Å². The fourth-order valence-electron chi connectivity index (χ4n) is 2.10. The molecule has 0 spiro atoms. The summed E-state index contributed by atoms with van der Waals surface area (Å²) >= 11 is 0. The minimum absolute atomic E-state index is 0.0985. The molecule has 1 aliphatic heterocycles. The number of fused-ring (bicyclic) bond motifs is 1. The number of nitrogens with zero attached hydrogens (tertiary/aromatic N) is 1. The predicted octanol–water partition coefficient (Wildman–Crippen LogP) is 2.92. The van der Waals surface area contributed by atoms with Crippen molar-refractivity contribution in [2.75, 3.05) is 13.7 Å². The minimum atomic E-state index is 0.0985. The van der Waals surface area contributed by atoms with Crippen LogP contribution in [0.25, 0.3) is 0 Å². The molecule has 0 radical (unpaired) electrons. The van der Waals surface area contributed by atoms with Gasteiger partial charge in [0.25, 0.3) is 0 Å². The second kappa shape index (κ2) is 4.40. The molecule has 1 heterocycles. The molecule has 0 aromatic heterocycles. The highest BCUT2D eigenvalue weighted by atomic mass is 16.6. The number of rotatable bonds is 1. The van der Waals surface area contributed by atoms with Crippen LogP contribution in [0, 0.1) is 0 Å². The first-order valence-electron chi connectivity index (χ1n) is 5.86. The molecule has 0 bridgehead atoms. The summed E-state index contributed by atoms with van der Waals surface area (Å²) in [6.45, 7) is 7.12. The van der Waals surface area contributed by atoms with Gasteiger partial charge in [-0.25, -0.2) is 0 Å². The maximum atomic E-state index is 5.84. The van der Waals surface area contributed by atoms with Crippen molar-refractivity contribution in [2.24, 2.45) is 5.16 Å². The minimum Gasteiger partial charge on any atom is -0.487 e. The molecule has 1 aromatic rings. The Morgan fingerprint density at radius 2 is 2.06 bits per heavy atom. The summed E-state index contributed by atoms with van der Waals surface area (Å²) in [7, 11) is 1.56. The highest BCUT2D eigenvalue weighted by Gasteiger charge is 2.24. The van der Waals surface area contributed by atoms with E-state index in [-0.39, 0.29) is 5.41 Å². The van der Waals surface area contributed by atoms with E-state index in [0.29, 0.717) is 6.61 Å². The number of oxime groups is 1. The highest BCUT2D eigenvalue weighted by Crippen LogP contribution is 2.36. The van der Waals surface area contributed by atoms with Gasteiger partial charge in [-0.15, -0.1) is 0 Å². The fraction of sp³-hybridized carbons (Fsp3) is 0.500. The Balaban J connectivity index is 2.39. The summed E-state index contributed by atoms with van der Waals surface area (Å²) in [6, 6.07) is 6.31. The Hall–Kier alpha value is -1.51. The van der Waals surface area contributed by atoms with Crippen molar-refractivity contribution in [2.45, 2.75) is 32.6 Å². The van der Waals surface area contributed by atoms with E-state index in [2.05, 4.69) is 44.1 Å². The molecule has 0 unspecified atom stereocenters. The van der Waals surface area contributed by atoms with Crippen molar-refractivity contribution >= 4 is 5.71 Å². The van der Waals surface area contributed by atoms with Gasteiger partial charge in [0, 0.05) is 12.0 Å². The van der Waals surface area contributed by atoms with Gasteiger partial charge in [0.2, 0.25) is 0 Å². The van der Waals surface area contributed by atoms with Crippen LogP contribution in [0.1, 0.15) is 31.9 Å². The molecule has 17 heavy (non-hydrogen) atoms. The maximum absolute atomic E-state index is 5.84. The van der Waals surface area contributed by atoms with Gasteiger partial charge in [-0.2, -0.15) is 0 Å². The van der Waals surface area contributed by atoms with E-state index >= 15 is 0 Å². The monoisotopic (exact) mass is 233 g/mol. The zero-order chi connectivity index (χ0) is 12.5. The lowest BCUT2D eigenvalue weighted by Crippen LogP contribution is -2.24. The third-order valence-corrected chi connectivity index (χ3v) is 2.90. The number of benzene rings is 1. The molecular weight excluding hydrogens is 214 g/mol. The molecule has 2 rings (SSSR count). The van der Waals surface area contributed by atoms with Gasteiger partial charge in [-0.05, 0) is 11.0 Å². The molecule has 0 saturated carbocycles. The van der Waals surface area contributed by atoms with Crippen molar-refractivity contribution in [3.05, 3.63) is 29.3 Å². The largest absolute Gasteiger partial charge is 0.487 e. The van der Waals surface area contributed by atoms with Gasteiger partial charge in [0.1, 0.15) is 19.5 Å². The van der Waals surface area contributed by atoms with Gasteiger partial charge < -0.3 is 9.57 Å². The van der Waals surface area contributed by atoms with Crippen molar-refractivity contribution in [1.82, 2.24) is 0 Å².